The average molecular weight is 461 g/mol. The largest absolute Gasteiger partial charge is 0.325 e. The van der Waals surface area contributed by atoms with Crippen molar-refractivity contribution in [2.45, 2.75) is 24.8 Å². The third kappa shape index (κ3) is 5.70. The summed E-state index contributed by atoms with van der Waals surface area (Å²) in [6, 6.07) is 18.8. The zero-order valence-corrected chi connectivity index (χ0v) is 18.5. The van der Waals surface area contributed by atoms with E-state index in [1.54, 1.807) is 18.2 Å². The Labute approximate surface area is 186 Å². The van der Waals surface area contributed by atoms with Gasteiger partial charge in [-0.1, -0.05) is 54.9 Å². The van der Waals surface area contributed by atoms with Crippen molar-refractivity contribution in [2.24, 2.45) is 0 Å². The van der Waals surface area contributed by atoms with Gasteiger partial charge in [0.05, 0.1) is 11.4 Å². The molecule has 3 aromatic rings. The molecule has 31 heavy (non-hydrogen) atoms. The molecule has 0 aromatic heterocycles. The van der Waals surface area contributed by atoms with Crippen molar-refractivity contribution in [3.63, 3.8) is 0 Å². The normalized spacial score (nSPS) is 11.5. The summed E-state index contributed by atoms with van der Waals surface area (Å²) >= 11 is 5.87. The lowest BCUT2D eigenvalue weighted by atomic mass is 10.1. The van der Waals surface area contributed by atoms with Crippen molar-refractivity contribution in [3.8, 4) is 0 Å². The number of hydrogen-bond acceptors (Lipinski definition) is 3. The molecule has 0 saturated carbocycles. The molecule has 0 radical (unpaired) electrons. The second-order valence-corrected chi connectivity index (χ2v) is 9.25. The number of benzene rings is 3. The molecule has 1 amide bonds. The van der Waals surface area contributed by atoms with Gasteiger partial charge in [0, 0.05) is 22.8 Å². The fraction of sp³-hybridized carbons (Fsp3) is 0.174. The highest BCUT2D eigenvalue weighted by Gasteiger charge is 2.28. The number of para-hydroxylation sites is 1. The lowest BCUT2D eigenvalue weighted by Crippen LogP contribution is -2.38. The van der Waals surface area contributed by atoms with Gasteiger partial charge in [-0.05, 0) is 48.4 Å². The summed E-state index contributed by atoms with van der Waals surface area (Å²) in [4.78, 5) is 12.7. The Hall–Kier alpha value is -2.74. The number of nitrogens with one attached hydrogen (secondary N) is 1. The van der Waals surface area contributed by atoms with Crippen molar-refractivity contribution in [1.29, 1.82) is 0 Å². The van der Waals surface area contributed by atoms with Gasteiger partial charge >= 0.3 is 0 Å². The third-order valence-electron chi connectivity index (χ3n) is 4.75. The summed E-state index contributed by atoms with van der Waals surface area (Å²) in [5.74, 6) is -1.06. The summed E-state index contributed by atoms with van der Waals surface area (Å²) in [7, 11) is -4.09. The Morgan fingerprint density at radius 3 is 2.23 bits per heavy atom. The molecule has 0 saturated heterocycles. The molecule has 8 heteroatoms. The van der Waals surface area contributed by atoms with Crippen LogP contribution in [0.5, 0.6) is 0 Å². The molecule has 0 atom stereocenters. The minimum atomic E-state index is -4.09. The van der Waals surface area contributed by atoms with Gasteiger partial charge in [0.2, 0.25) is 15.9 Å². The predicted molar refractivity (Wildman–Crippen MR) is 120 cm³/mol. The van der Waals surface area contributed by atoms with Gasteiger partial charge in [-0.2, -0.15) is 4.31 Å². The van der Waals surface area contributed by atoms with Crippen LogP contribution in [0.2, 0.25) is 5.02 Å². The van der Waals surface area contributed by atoms with E-state index in [-0.39, 0.29) is 17.0 Å². The molecular weight excluding hydrogens is 439 g/mol. The van der Waals surface area contributed by atoms with Crippen molar-refractivity contribution in [2.75, 3.05) is 11.9 Å². The quantitative estimate of drug-likeness (QED) is 0.521. The summed E-state index contributed by atoms with van der Waals surface area (Å²) in [6.07, 6.45) is 0.707. The fourth-order valence-corrected chi connectivity index (χ4v) is 4.60. The highest BCUT2D eigenvalue weighted by atomic mass is 35.5. The van der Waals surface area contributed by atoms with Crippen molar-refractivity contribution in [3.05, 3.63) is 94.8 Å². The van der Waals surface area contributed by atoms with E-state index in [0.717, 1.165) is 9.87 Å². The van der Waals surface area contributed by atoms with E-state index < -0.39 is 28.3 Å². The van der Waals surface area contributed by atoms with E-state index in [9.17, 15) is 17.6 Å². The molecule has 0 aliphatic rings. The first-order valence-corrected chi connectivity index (χ1v) is 11.5. The van der Waals surface area contributed by atoms with E-state index in [4.69, 9.17) is 11.6 Å². The predicted octanol–water partition coefficient (Wildman–Crippen LogP) is 4.87. The zero-order valence-electron chi connectivity index (χ0n) is 16.9. The molecule has 0 aliphatic carbocycles. The Balaban J connectivity index is 1.91. The molecule has 0 spiro atoms. The summed E-state index contributed by atoms with van der Waals surface area (Å²) in [6.45, 7) is 1.19. The van der Waals surface area contributed by atoms with Crippen molar-refractivity contribution >= 4 is 33.2 Å². The zero-order chi connectivity index (χ0) is 22.4. The van der Waals surface area contributed by atoms with Gasteiger partial charge in [0.1, 0.15) is 5.82 Å². The topological polar surface area (TPSA) is 66.5 Å². The first-order chi connectivity index (χ1) is 14.8. The molecule has 3 aromatic carbocycles. The van der Waals surface area contributed by atoms with Crippen LogP contribution in [0.25, 0.3) is 0 Å². The number of rotatable bonds is 8. The molecule has 0 fully saturated rings. The van der Waals surface area contributed by atoms with E-state index in [1.807, 2.05) is 19.1 Å². The van der Waals surface area contributed by atoms with Crippen LogP contribution in [0, 0.1) is 5.82 Å². The van der Waals surface area contributed by atoms with Gasteiger partial charge in [0.15, 0.2) is 0 Å². The van der Waals surface area contributed by atoms with Crippen LogP contribution in [0.3, 0.4) is 0 Å². The van der Waals surface area contributed by atoms with Crippen LogP contribution in [0.1, 0.15) is 18.1 Å². The number of carbonyl (C=O) groups excluding carboxylic acids is 1. The second kappa shape index (κ2) is 10.0. The molecule has 162 valence electrons. The van der Waals surface area contributed by atoms with Gasteiger partial charge in [0.25, 0.3) is 0 Å². The van der Waals surface area contributed by atoms with Gasteiger partial charge in [-0.25, -0.2) is 12.8 Å². The van der Waals surface area contributed by atoms with E-state index >= 15 is 0 Å². The highest BCUT2D eigenvalue weighted by Crippen LogP contribution is 2.22. The number of halogens is 2. The maximum Gasteiger partial charge on any atom is 0.243 e. The number of amides is 1. The molecule has 0 aliphatic heterocycles. The standard InChI is InChI=1S/C23H22ClFN2O3S/c1-2-17-7-4-6-10-22(17)26-23(28)16-27(15-18-8-3-5-9-21(18)25)31(29,30)20-13-11-19(24)12-14-20/h3-14H,2,15-16H2,1H3,(H,26,28). The highest BCUT2D eigenvalue weighted by molar-refractivity contribution is 7.89. The summed E-state index contributed by atoms with van der Waals surface area (Å²) in [5.41, 5.74) is 1.71. The molecule has 1 N–H and O–H groups in total. The second-order valence-electron chi connectivity index (χ2n) is 6.88. The maximum atomic E-state index is 14.2. The minimum absolute atomic E-state index is 0.0324. The smallest absolute Gasteiger partial charge is 0.243 e. The Morgan fingerprint density at radius 2 is 1.58 bits per heavy atom. The summed E-state index contributed by atoms with van der Waals surface area (Å²) in [5, 5.41) is 3.15. The SMILES string of the molecule is CCc1ccccc1NC(=O)CN(Cc1ccccc1F)S(=O)(=O)c1ccc(Cl)cc1. The van der Waals surface area contributed by atoms with Crippen LogP contribution < -0.4 is 5.32 Å². The third-order valence-corrected chi connectivity index (χ3v) is 6.81. The fourth-order valence-electron chi connectivity index (χ4n) is 3.10. The number of nitrogens with zero attached hydrogens (tertiary/aromatic N) is 1. The Kier molecular flexibility index (Phi) is 7.43. The lowest BCUT2D eigenvalue weighted by Gasteiger charge is -2.22. The maximum absolute atomic E-state index is 14.2. The van der Waals surface area contributed by atoms with Gasteiger partial charge in [-0.15, -0.1) is 0 Å². The molecular formula is C23H22ClFN2O3S. The number of aryl methyl sites for hydroxylation is 1. The summed E-state index contributed by atoms with van der Waals surface area (Å²) < 4.78 is 41.7. The molecule has 0 heterocycles. The van der Waals surface area contributed by atoms with Crippen LogP contribution in [-0.2, 0) is 27.8 Å². The Bertz CT molecular complexity index is 1170. The van der Waals surface area contributed by atoms with E-state index in [0.29, 0.717) is 17.1 Å². The number of sulfonamides is 1. The van der Waals surface area contributed by atoms with E-state index in [1.165, 1.54) is 42.5 Å². The number of anilines is 1. The Morgan fingerprint density at radius 1 is 0.968 bits per heavy atom. The van der Waals surface area contributed by atoms with Crippen molar-refractivity contribution in [1.82, 2.24) is 4.31 Å². The van der Waals surface area contributed by atoms with Crippen LogP contribution >= 0.6 is 11.6 Å². The lowest BCUT2D eigenvalue weighted by molar-refractivity contribution is -0.116. The van der Waals surface area contributed by atoms with Gasteiger partial charge in [-0.3, -0.25) is 4.79 Å². The monoisotopic (exact) mass is 460 g/mol. The first kappa shape index (κ1) is 22.9. The van der Waals surface area contributed by atoms with Crippen LogP contribution in [0.4, 0.5) is 10.1 Å². The number of hydrogen-bond donors (Lipinski definition) is 1. The van der Waals surface area contributed by atoms with Crippen LogP contribution in [-0.4, -0.2) is 25.2 Å². The van der Waals surface area contributed by atoms with Gasteiger partial charge < -0.3 is 5.32 Å². The molecule has 0 unspecified atom stereocenters. The minimum Gasteiger partial charge on any atom is -0.325 e. The van der Waals surface area contributed by atoms with E-state index in [2.05, 4.69) is 5.32 Å². The average Bonchev–Trinajstić information content (AvgIpc) is 2.75. The van der Waals surface area contributed by atoms with Crippen molar-refractivity contribution < 1.29 is 17.6 Å². The molecule has 0 bridgehead atoms. The van der Waals surface area contributed by atoms with Crippen LogP contribution in [0.15, 0.2) is 77.7 Å². The molecule has 5 nitrogen and oxygen atoms in total. The first-order valence-electron chi connectivity index (χ1n) is 9.68. The molecule has 3 rings (SSSR count). The number of carbonyl (C=O) groups is 1.